The second-order valence-electron chi connectivity index (χ2n) is 4.93. The first kappa shape index (κ1) is 19.7. The van der Waals surface area contributed by atoms with Gasteiger partial charge in [-0.05, 0) is 30.3 Å². The van der Waals surface area contributed by atoms with Gasteiger partial charge in [-0.25, -0.2) is 0 Å². The van der Waals surface area contributed by atoms with Crippen molar-refractivity contribution >= 4 is 29.1 Å². The van der Waals surface area contributed by atoms with Gasteiger partial charge in [-0.1, -0.05) is 11.6 Å². The van der Waals surface area contributed by atoms with Crippen molar-refractivity contribution in [1.82, 2.24) is 10.5 Å². The molecule has 0 amide bonds. The van der Waals surface area contributed by atoms with Crippen LogP contribution in [0.15, 0.2) is 47.7 Å². The Kier molecular flexibility index (Phi) is 6.59. The summed E-state index contributed by atoms with van der Waals surface area (Å²) in [6.45, 7) is 0. The summed E-state index contributed by atoms with van der Waals surface area (Å²) in [4.78, 5) is 12.8. The van der Waals surface area contributed by atoms with Crippen LogP contribution in [0.4, 0.5) is 18.9 Å². The highest BCUT2D eigenvalue weighted by atomic mass is 35.5. The third-order valence-electron chi connectivity index (χ3n) is 3.20. The highest BCUT2D eigenvalue weighted by Gasteiger charge is 2.31. The van der Waals surface area contributed by atoms with E-state index in [1.165, 1.54) is 19.5 Å². The summed E-state index contributed by atoms with van der Waals surface area (Å²) in [5.41, 5.74) is 2.62. The van der Waals surface area contributed by atoms with E-state index in [1.54, 1.807) is 31.4 Å². The van der Waals surface area contributed by atoms with Gasteiger partial charge in [0.05, 0.1) is 36.2 Å². The molecular weight excluding hydrogens is 371 g/mol. The van der Waals surface area contributed by atoms with E-state index in [-0.39, 0.29) is 10.7 Å². The van der Waals surface area contributed by atoms with Gasteiger partial charge in [0.15, 0.2) is 0 Å². The number of alkyl halides is 3. The molecule has 0 spiro atoms. The summed E-state index contributed by atoms with van der Waals surface area (Å²) < 4.78 is 43.3. The van der Waals surface area contributed by atoms with Crippen molar-refractivity contribution in [3.63, 3.8) is 0 Å². The number of aromatic nitrogens is 1. The van der Waals surface area contributed by atoms with Crippen LogP contribution in [-0.4, -0.2) is 25.4 Å². The van der Waals surface area contributed by atoms with Gasteiger partial charge < -0.3 is 4.74 Å². The molecule has 9 heteroatoms. The van der Waals surface area contributed by atoms with Crippen LogP contribution < -0.4 is 10.2 Å². The number of halogens is 4. The minimum absolute atomic E-state index is 0.126. The Balaban J connectivity index is 2.34. The molecule has 0 aliphatic heterocycles. The maximum Gasteiger partial charge on any atom is 0.417 e. The topological polar surface area (TPSA) is 55.7 Å². The number of benzene rings is 1. The molecule has 0 radical (unpaired) electrons. The molecular formula is C17H15ClF3N3O2. The lowest BCUT2D eigenvalue weighted by atomic mass is 10.1. The third-order valence-corrected chi connectivity index (χ3v) is 3.49. The maximum absolute atomic E-state index is 12.8. The molecule has 0 aliphatic carbocycles. The number of allylic oxidation sites excluding steroid dienone is 1. The summed E-state index contributed by atoms with van der Waals surface area (Å²) in [6.07, 6.45) is -1.02. The lowest BCUT2D eigenvalue weighted by molar-refractivity contribution is -0.137. The number of hydroxylamine groups is 1. The van der Waals surface area contributed by atoms with Crippen LogP contribution in [0, 0.1) is 0 Å². The van der Waals surface area contributed by atoms with E-state index in [1.807, 2.05) is 0 Å². The summed E-state index contributed by atoms with van der Waals surface area (Å²) >= 11 is 5.98. The fourth-order valence-electron chi connectivity index (χ4n) is 1.91. The second-order valence-corrected chi connectivity index (χ2v) is 5.34. The van der Waals surface area contributed by atoms with Crippen molar-refractivity contribution in [1.29, 1.82) is 0 Å². The standard InChI is InChI=1S/C17H15ClF3N3O2/c1-25-14-5-3-13(4-6-14)22-8-11(9-24-26-2)16-15(18)7-12(10-23-16)17(19,20)21/h3-10,24H,1-2H3/b11-9-,22-8?. The maximum atomic E-state index is 12.8. The molecule has 0 saturated carbocycles. The van der Waals surface area contributed by atoms with Crippen LogP contribution in [0.1, 0.15) is 11.3 Å². The van der Waals surface area contributed by atoms with Crippen LogP contribution in [-0.2, 0) is 11.0 Å². The third kappa shape index (κ3) is 5.21. The predicted octanol–water partition coefficient (Wildman–Crippen LogP) is 4.66. The zero-order valence-electron chi connectivity index (χ0n) is 13.8. The van der Waals surface area contributed by atoms with E-state index in [4.69, 9.17) is 21.2 Å². The molecule has 0 saturated heterocycles. The number of nitrogens with zero attached hydrogens (tertiary/aromatic N) is 2. The molecule has 1 heterocycles. The van der Waals surface area contributed by atoms with Gasteiger partial charge in [-0.2, -0.15) is 13.2 Å². The molecule has 2 aromatic rings. The van der Waals surface area contributed by atoms with Crippen molar-refractivity contribution in [2.75, 3.05) is 14.2 Å². The van der Waals surface area contributed by atoms with Crippen molar-refractivity contribution in [2.45, 2.75) is 6.18 Å². The Morgan fingerprint density at radius 3 is 2.46 bits per heavy atom. The predicted molar refractivity (Wildman–Crippen MR) is 93.5 cm³/mol. The Morgan fingerprint density at radius 2 is 1.92 bits per heavy atom. The first-order chi connectivity index (χ1) is 12.3. The monoisotopic (exact) mass is 385 g/mol. The molecule has 0 fully saturated rings. The first-order valence-corrected chi connectivity index (χ1v) is 7.63. The van der Waals surface area contributed by atoms with E-state index in [0.29, 0.717) is 23.2 Å². The quantitative estimate of drug-likeness (QED) is 0.580. The van der Waals surface area contributed by atoms with Crippen LogP contribution >= 0.6 is 11.6 Å². The van der Waals surface area contributed by atoms with E-state index < -0.39 is 11.7 Å². The van der Waals surface area contributed by atoms with E-state index >= 15 is 0 Å². The van der Waals surface area contributed by atoms with E-state index in [9.17, 15) is 13.2 Å². The summed E-state index contributed by atoms with van der Waals surface area (Å²) in [5, 5.41) is -0.162. The van der Waals surface area contributed by atoms with Gasteiger partial charge in [0.25, 0.3) is 0 Å². The minimum atomic E-state index is -4.53. The number of hydrogen-bond acceptors (Lipinski definition) is 5. The molecule has 138 valence electrons. The first-order valence-electron chi connectivity index (χ1n) is 7.25. The fourth-order valence-corrected chi connectivity index (χ4v) is 2.18. The SMILES string of the molecule is CON/C=C(/C=Nc1ccc(OC)cc1)c1ncc(C(F)(F)F)cc1Cl. The van der Waals surface area contributed by atoms with Crippen LogP contribution in [0.3, 0.4) is 0 Å². The molecule has 0 unspecified atom stereocenters. The molecule has 2 rings (SSSR count). The van der Waals surface area contributed by atoms with Crippen molar-refractivity contribution in [3.8, 4) is 5.75 Å². The molecule has 26 heavy (non-hydrogen) atoms. The molecule has 0 atom stereocenters. The minimum Gasteiger partial charge on any atom is -0.497 e. The van der Waals surface area contributed by atoms with Crippen LogP contribution in [0.25, 0.3) is 5.57 Å². The highest BCUT2D eigenvalue weighted by Crippen LogP contribution is 2.32. The molecule has 0 bridgehead atoms. The van der Waals surface area contributed by atoms with Gasteiger partial charge in [0.1, 0.15) is 5.75 Å². The zero-order valence-corrected chi connectivity index (χ0v) is 14.6. The second kappa shape index (κ2) is 8.68. The fraction of sp³-hybridized carbons (Fsp3) is 0.176. The Hall–Kier alpha value is -2.58. The zero-order chi connectivity index (χ0) is 19.2. The van der Waals surface area contributed by atoms with E-state index in [2.05, 4.69) is 15.5 Å². The van der Waals surface area contributed by atoms with Gasteiger partial charge in [-0.15, -0.1) is 0 Å². The molecule has 5 nitrogen and oxygen atoms in total. The molecule has 1 N–H and O–H groups in total. The van der Waals surface area contributed by atoms with Gasteiger partial charge >= 0.3 is 6.18 Å². The smallest absolute Gasteiger partial charge is 0.417 e. The number of rotatable bonds is 6. The number of methoxy groups -OCH3 is 1. The number of hydrogen-bond donors (Lipinski definition) is 1. The normalized spacial score (nSPS) is 12.5. The summed E-state index contributed by atoms with van der Waals surface area (Å²) in [6, 6.07) is 7.71. The number of pyridine rings is 1. The van der Waals surface area contributed by atoms with Crippen LogP contribution in [0.2, 0.25) is 5.02 Å². The van der Waals surface area contributed by atoms with Gasteiger partial charge in [0, 0.05) is 24.2 Å². The van der Waals surface area contributed by atoms with Crippen molar-refractivity contribution in [2.24, 2.45) is 4.99 Å². The number of nitrogens with one attached hydrogen (secondary N) is 1. The molecule has 1 aromatic heterocycles. The average Bonchev–Trinajstić information content (AvgIpc) is 2.62. The Labute approximate surface area is 153 Å². The van der Waals surface area contributed by atoms with Crippen molar-refractivity contribution < 1.29 is 22.7 Å². The van der Waals surface area contributed by atoms with E-state index in [0.717, 1.165) is 6.07 Å². The average molecular weight is 386 g/mol. The summed E-state index contributed by atoms with van der Waals surface area (Å²) in [5.74, 6) is 0.674. The lowest BCUT2D eigenvalue weighted by Crippen LogP contribution is -2.08. The lowest BCUT2D eigenvalue weighted by Gasteiger charge is -2.10. The van der Waals surface area contributed by atoms with Crippen molar-refractivity contribution in [3.05, 3.63) is 59.0 Å². The number of aliphatic imine (C=N–C) groups is 1. The Bertz CT molecular complexity index is 806. The van der Waals surface area contributed by atoms with Crippen LogP contribution in [0.5, 0.6) is 5.75 Å². The molecule has 0 aliphatic rings. The highest BCUT2D eigenvalue weighted by molar-refractivity contribution is 6.33. The largest absolute Gasteiger partial charge is 0.497 e. The van der Waals surface area contributed by atoms with Gasteiger partial charge in [0.2, 0.25) is 0 Å². The Morgan fingerprint density at radius 1 is 1.23 bits per heavy atom. The number of ether oxygens (including phenoxy) is 1. The van der Waals surface area contributed by atoms with Gasteiger partial charge in [-0.3, -0.25) is 20.3 Å². The molecule has 1 aromatic carbocycles. The summed E-state index contributed by atoms with van der Waals surface area (Å²) in [7, 11) is 2.93.